The third-order valence-corrected chi connectivity index (χ3v) is 5.80. The Balaban J connectivity index is 1.46. The highest BCUT2D eigenvalue weighted by Gasteiger charge is 2.44. The highest BCUT2D eigenvalue weighted by molar-refractivity contribution is 5.95. The van der Waals surface area contributed by atoms with E-state index in [-0.39, 0.29) is 23.4 Å². The van der Waals surface area contributed by atoms with Crippen LogP contribution in [0.25, 0.3) is 10.9 Å². The Kier molecular flexibility index (Phi) is 4.96. The number of benzene rings is 1. The molecule has 2 saturated heterocycles. The number of para-hydroxylation sites is 1. The Morgan fingerprint density at radius 3 is 2.93 bits per heavy atom. The first-order valence-corrected chi connectivity index (χ1v) is 9.87. The van der Waals surface area contributed by atoms with Crippen LogP contribution in [0.4, 0.5) is 0 Å². The largest absolute Gasteiger partial charge is 0.370 e. The Bertz CT molecular complexity index is 866. The van der Waals surface area contributed by atoms with Crippen molar-refractivity contribution in [2.24, 2.45) is 0 Å². The molecular weight excluding hydrogens is 340 g/mol. The number of hydrogen-bond acceptors (Lipinski definition) is 4. The maximum absolute atomic E-state index is 13.0. The summed E-state index contributed by atoms with van der Waals surface area (Å²) in [6, 6.07) is 11.6. The standard InChI is InChI=1S/C22H26N2O3/c1-16(25)7-9-18-11-13-22(27-18)12-4-14-24(15-22)21(26)20-10-8-17-5-2-3-6-19(17)23-20/h2-3,5-6,8,10,18H,4,7,9,11-15H2,1H3/t18-,22-/m0/s1. The molecule has 1 spiro atoms. The number of aromatic nitrogens is 1. The molecule has 3 heterocycles. The Labute approximate surface area is 159 Å². The molecule has 0 bridgehead atoms. The summed E-state index contributed by atoms with van der Waals surface area (Å²) in [7, 11) is 0. The van der Waals surface area contributed by atoms with E-state index in [2.05, 4.69) is 4.98 Å². The lowest BCUT2D eigenvalue weighted by Gasteiger charge is -2.40. The van der Waals surface area contributed by atoms with Gasteiger partial charge in [-0.15, -0.1) is 0 Å². The third-order valence-electron chi connectivity index (χ3n) is 5.80. The van der Waals surface area contributed by atoms with E-state index in [9.17, 15) is 9.59 Å². The number of hydrogen-bond donors (Lipinski definition) is 0. The first-order chi connectivity index (χ1) is 13.0. The first-order valence-electron chi connectivity index (χ1n) is 9.87. The minimum absolute atomic E-state index is 0.0179. The zero-order chi connectivity index (χ0) is 18.9. The van der Waals surface area contributed by atoms with Crippen LogP contribution in [0.15, 0.2) is 36.4 Å². The van der Waals surface area contributed by atoms with Crippen LogP contribution in [0, 0.1) is 0 Å². The predicted octanol–water partition coefficient (Wildman–Crippen LogP) is 3.76. The average molecular weight is 366 g/mol. The summed E-state index contributed by atoms with van der Waals surface area (Å²) in [6.07, 6.45) is 5.37. The average Bonchev–Trinajstić information content (AvgIpc) is 3.07. The fourth-order valence-electron chi connectivity index (χ4n) is 4.38. The molecule has 1 amide bonds. The molecule has 2 aliphatic rings. The van der Waals surface area contributed by atoms with Crippen LogP contribution in [0.5, 0.6) is 0 Å². The molecule has 5 nitrogen and oxygen atoms in total. The number of Topliss-reactive ketones (excluding diaryl/α,β-unsaturated/α-hetero) is 1. The quantitative estimate of drug-likeness (QED) is 0.827. The van der Waals surface area contributed by atoms with E-state index in [0.717, 1.165) is 49.6 Å². The predicted molar refractivity (Wildman–Crippen MR) is 104 cm³/mol. The summed E-state index contributed by atoms with van der Waals surface area (Å²) in [4.78, 5) is 30.7. The van der Waals surface area contributed by atoms with Gasteiger partial charge in [0.1, 0.15) is 11.5 Å². The lowest BCUT2D eigenvalue weighted by molar-refractivity contribution is -0.118. The van der Waals surface area contributed by atoms with Crippen molar-refractivity contribution in [2.75, 3.05) is 13.1 Å². The molecule has 0 saturated carbocycles. The van der Waals surface area contributed by atoms with Gasteiger partial charge in [-0.2, -0.15) is 0 Å². The van der Waals surface area contributed by atoms with Crippen LogP contribution in [0.2, 0.25) is 0 Å². The normalized spacial score (nSPS) is 25.2. The molecule has 2 fully saturated rings. The van der Waals surface area contributed by atoms with Crippen molar-refractivity contribution in [3.05, 3.63) is 42.1 Å². The summed E-state index contributed by atoms with van der Waals surface area (Å²) in [5.74, 6) is 0.193. The van der Waals surface area contributed by atoms with Gasteiger partial charge in [0, 0.05) is 18.4 Å². The molecule has 142 valence electrons. The van der Waals surface area contributed by atoms with Crippen LogP contribution in [0.1, 0.15) is 55.9 Å². The van der Waals surface area contributed by atoms with Gasteiger partial charge in [0.25, 0.3) is 5.91 Å². The van der Waals surface area contributed by atoms with Crippen molar-refractivity contribution in [3.8, 4) is 0 Å². The number of ether oxygens (including phenoxy) is 1. The number of pyridine rings is 1. The third kappa shape index (κ3) is 3.88. The van der Waals surface area contributed by atoms with Gasteiger partial charge in [0.15, 0.2) is 0 Å². The molecule has 0 aliphatic carbocycles. The van der Waals surface area contributed by atoms with Crippen molar-refractivity contribution in [1.82, 2.24) is 9.88 Å². The molecule has 4 rings (SSSR count). The molecule has 2 atom stereocenters. The molecule has 2 aromatic rings. The maximum atomic E-state index is 13.0. The van der Waals surface area contributed by atoms with Gasteiger partial charge in [-0.25, -0.2) is 4.98 Å². The molecule has 5 heteroatoms. The van der Waals surface area contributed by atoms with Crippen molar-refractivity contribution < 1.29 is 14.3 Å². The van der Waals surface area contributed by atoms with E-state index in [1.807, 2.05) is 41.3 Å². The monoisotopic (exact) mass is 366 g/mol. The van der Waals surface area contributed by atoms with E-state index in [4.69, 9.17) is 4.74 Å². The van der Waals surface area contributed by atoms with Crippen molar-refractivity contribution in [2.45, 2.75) is 57.2 Å². The smallest absolute Gasteiger partial charge is 0.272 e. The molecule has 1 aromatic heterocycles. The molecule has 27 heavy (non-hydrogen) atoms. The number of piperidine rings is 1. The second kappa shape index (κ2) is 7.39. The van der Waals surface area contributed by atoms with Crippen molar-refractivity contribution in [3.63, 3.8) is 0 Å². The summed E-state index contributed by atoms with van der Waals surface area (Å²) < 4.78 is 6.36. The van der Waals surface area contributed by atoms with Gasteiger partial charge in [0.05, 0.1) is 23.8 Å². The maximum Gasteiger partial charge on any atom is 0.272 e. The molecule has 0 radical (unpaired) electrons. The number of amides is 1. The second-order valence-electron chi connectivity index (χ2n) is 7.92. The number of carbonyl (C=O) groups is 2. The minimum atomic E-state index is -0.244. The second-order valence-corrected chi connectivity index (χ2v) is 7.92. The Morgan fingerprint density at radius 2 is 2.07 bits per heavy atom. The number of rotatable bonds is 4. The Hall–Kier alpha value is -2.27. The molecular formula is C22H26N2O3. The molecule has 0 unspecified atom stereocenters. The molecule has 2 aliphatic heterocycles. The summed E-state index contributed by atoms with van der Waals surface area (Å²) in [5.41, 5.74) is 1.10. The zero-order valence-electron chi connectivity index (χ0n) is 15.8. The minimum Gasteiger partial charge on any atom is -0.370 e. The van der Waals surface area contributed by atoms with Crippen molar-refractivity contribution in [1.29, 1.82) is 0 Å². The summed E-state index contributed by atoms with van der Waals surface area (Å²) in [5, 5.41) is 1.04. The number of nitrogens with zero attached hydrogens (tertiary/aromatic N) is 2. The van der Waals surface area contributed by atoms with E-state index in [1.165, 1.54) is 0 Å². The highest BCUT2D eigenvalue weighted by atomic mass is 16.5. The lowest BCUT2D eigenvalue weighted by Crippen LogP contribution is -2.50. The van der Waals surface area contributed by atoms with E-state index >= 15 is 0 Å². The Morgan fingerprint density at radius 1 is 1.22 bits per heavy atom. The number of carbonyl (C=O) groups excluding carboxylic acids is 2. The fourth-order valence-corrected chi connectivity index (χ4v) is 4.38. The summed E-state index contributed by atoms with van der Waals surface area (Å²) >= 11 is 0. The summed E-state index contributed by atoms with van der Waals surface area (Å²) in [6.45, 7) is 3.00. The van der Waals surface area contributed by atoms with E-state index in [0.29, 0.717) is 18.7 Å². The zero-order valence-corrected chi connectivity index (χ0v) is 15.8. The highest BCUT2D eigenvalue weighted by Crippen LogP contribution is 2.39. The number of fused-ring (bicyclic) bond motifs is 1. The van der Waals surface area contributed by atoms with Crippen LogP contribution in [0.3, 0.4) is 0 Å². The van der Waals surface area contributed by atoms with Crippen LogP contribution in [-0.2, 0) is 9.53 Å². The number of likely N-dealkylation sites (tertiary alicyclic amines) is 1. The van der Waals surface area contributed by atoms with Gasteiger partial charge < -0.3 is 14.4 Å². The van der Waals surface area contributed by atoms with Gasteiger partial charge >= 0.3 is 0 Å². The fraction of sp³-hybridized carbons (Fsp3) is 0.500. The van der Waals surface area contributed by atoms with Gasteiger partial charge in [-0.05, 0) is 51.2 Å². The van der Waals surface area contributed by atoms with Gasteiger partial charge in [0.2, 0.25) is 0 Å². The molecule has 1 aromatic carbocycles. The van der Waals surface area contributed by atoms with Gasteiger partial charge in [-0.3, -0.25) is 4.79 Å². The first kappa shape index (κ1) is 18.1. The molecule has 0 N–H and O–H groups in total. The van der Waals surface area contributed by atoms with Crippen molar-refractivity contribution >= 4 is 22.6 Å². The SMILES string of the molecule is CC(=O)CC[C@H]1CC[C@]2(CCCN(C(=O)c3ccc4ccccc4n3)C2)O1. The van der Waals surface area contributed by atoms with Gasteiger partial charge in [-0.1, -0.05) is 24.3 Å². The van der Waals surface area contributed by atoms with E-state index in [1.54, 1.807) is 6.92 Å². The van der Waals surface area contributed by atoms with Crippen LogP contribution < -0.4 is 0 Å². The van der Waals surface area contributed by atoms with Crippen LogP contribution >= 0.6 is 0 Å². The van der Waals surface area contributed by atoms with E-state index < -0.39 is 0 Å². The van der Waals surface area contributed by atoms with Crippen LogP contribution in [-0.4, -0.2) is 46.4 Å². The lowest BCUT2D eigenvalue weighted by atomic mass is 9.89. The topological polar surface area (TPSA) is 59.5 Å². The number of ketones is 1.